The molecule has 0 unspecified atom stereocenters. The zero-order valence-corrected chi connectivity index (χ0v) is 11.1. The molecule has 0 aliphatic heterocycles. The van der Waals surface area contributed by atoms with Crippen LogP contribution in [0.4, 0.5) is 13.2 Å². The van der Waals surface area contributed by atoms with Crippen LogP contribution >= 0.6 is 0 Å². The molecule has 0 fully saturated rings. The minimum absolute atomic E-state index is 0.0525. The van der Waals surface area contributed by atoms with E-state index < -0.39 is 28.8 Å². The van der Waals surface area contributed by atoms with Gasteiger partial charge in [-0.15, -0.1) is 0 Å². The molecule has 0 amide bonds. The summed E-state index contributed by atoms with van der Waals surface area (Å²) in [6.45, 7) is 3.84. The molecular weight excluding hydrogens is 265 g/mol. The van der Waals surface area contributed by atoms with Crippen LogP contribution in [0.25, 0.3) is 0 Å². The van der Waals surface area contributed by atoms with E-state index in [-0.39, 0.29) is 6.42 Å². The summed E-state index contributed by atoms with van der Waals surface area (Å²) in [5, 5.41) is 0. The Morgan fingerprint density at radius 3 is 2.30 bits per heavy atom. The Morgan fingerprint density at radius 1 is 0.950 bits per heavy atom. The molecule has 0 aliphatic carbocycles. The predicted octanol–water partition coefficient (Wildman–Crippen LogP) is 4.15. The van der Waals surface area contributed by atoms with Crippen LogP contribution in [-0.2, 0) is 6.42 Å². The zero-order valence-electron chi connectivity index (χ0n) is 11.1. The van der Waals surface area contributed by atoms with Gasteiger partial charge in [0.25, 0.3) is 0 Å². The summed E-state index contributed by atoms with van der Waals surface area (Å²) < 4.78 is 39.4. The van der Waals surface area contributed by atoms with Crippen molar-refractivity contribution < 1.29 is 18.0 Å². The molecule has 104 valence electrons. The minimum atomic E-state index is -1.61. The summed E-state index contributed by atoms with van der Waals surface area (Å²) in [4.78, 5) is 12.0. The molecule has 0 spiro atoms. The van der Waals surface area contributed by atoms with Crippen molar-refractivity contribution in [2.75, 3.05) is 0 Å². The van der Waals surface area contributed by atoms with Crippen molar-refractivity contribution in [2.45, 2.75) is 20.3 Å². The first-order valence-corrected chi connectivity index (χ1v) is 6.13. The summed E-state index contributed by atoms with van der Waals surface area (Å²) in [7, 11) is 0. The summed E-state index contributed by atoms with van der Waals surface area (Å²) in [6, 6.07) is 7.17. The van der Waals surface area contributed by atoms with Gasteiger partial charge in [0, 0.05) is 6.42 Å². The van der Waals surface area contributed by atoms with Crippen molar-refractivity contribution in [3.05, 3.63) is 70.0 Å². The van der Waals surface area contributed by atoms with Gasteiger partial charge in [0.2, 0.25) is 0 Å². The second kappa shape index (κ2) is 5.49. The van der Waals surface area contributed by atoms with Crippen LogP contribution in [0, 0.1) is 31.3 Å². The standard InChI is InChI=1S/C16H13F3O/c1-9-3-4-11(7-10(9)2)8-14(20)12-5-6-13(17)16(19)15(12)18/h3-7H,8H2,1-2H3. The maximum atomic E-state index is 13.5. The van der Waals surface area contributed by atoms with Crippen molar-refractivity contribution in [2.24, 2.45) is 0 Å². The number of rotatable bonds is 3. The SMILES string of the molecule is Cc1ccc(CC(=O)c2ccc(F)c(F)c2F)cc1C. The lowest BCUT2D eigenvalue weighted by atomic mass is 9.99. The number of Topliss-reactive ketones (excluding diaryl/α,β-unsaturated/α-hetero) is 1. The fourth-order valence-electron chi connectivity index (χ4n) is 1.94. The second-order valence-corrected chi connectivity index (χ2v) is 4.74. The van der Waals surface area contributed by atoms with Crippen LogP contribution in [0.2, 0.25) is 0 Å². The first-order valence-electron chi connectivity index (χ1n) is 6.13. The van der Waals surface area contributed by atoms with Gasteiger partial charge >= 0.3 is 0 Å². The Bertz CT molecular complexity index is 678. The average molecular weight is 278 g/mol. The van der Waals surface area contributed by atoms with Gasteiger partial charge in [0.1, 0.15) is 0 Å². The molecule has 0 aromatic heterocycles. The number of carbonyl (C=O) groups is 1. The molecule has 0 heterocycles. The van der Waals surface area contributed by atoms with Gasteiger partial charge in [0.15, 0.2) is 23.2 Å². The Kier molecular flexibility index (Phi) is 3.93. The molecule has 4 heteroatoms. The van der Waals surface area contributed by atoms with Crippen LogP contribution in [-0.4, -0.2) is 5.78 Å². The molecule has 0 aliphatic rings. The molecule has 0 N–H and O–H groups in total. The largest absolute Gasteiger partial charge is 0.294 e. The van der Waals surface area contributed by atoms with E-state index in [1.54, 1.807) is 6.07 Å². The van der Waals surface area contributed by atoms with Gasteiger partial charge in [0.05, 0.1) is 5.56 Å². The van der Waals surface area contributed by atoms with Gasteiger partial charge in [-0.3, -0.25) is 4.79 Å². The summed E-state index contributed by atoms with van der Waals surface area (Å²) in [5.41, 5.74) is 2.38. The molecule has 20 heavy (non-hydrogen) atoms. The lowest BCUT2D eigenvalue weighted by Gasteiger charge is -2.06. The van der Waals surface area contributed by atoms with Crippen molar-refractivity contribution in [3.8, 4) is 0 Å². The topological polar surface area (TPSA) is 17.1 Å². The van der Waals surface area contributed by atoms with Gasteiger partial charge in [-0.1, -0.05) is 18.2 Å². The molecule has 0 radical (unpaired) electrons. The monoisotopic (exact) mass is 278 g/mol. The summed E-state index contributed by atoms with van der Waals surface area (Å²) in [5.74, 6) is -4.93. The average Bonchev–Trinajstić information content (AvgIpc) is 2.40. The quantitative estimate of drug-likeness (QED) is 0.609. The minimum Gasteiger partial charge on any atom is -0.294 e. The van der Waals surface area contributed by atoms with E-state index in [4.69, 9.17) is 0 Å². The Hall–Kier alpha value is -2.10. The first kappa shape index (κ1) is 14.3. The van der Waals surface area contributed by atoms with Crippen molar-refractivity contribution in [1.82, 2.24) is 0 Å². The Morgan fingerprint density at radius 2 is 1.65 bits per heavy atom. The third-order valence-corrected chi connectivity index (χ3v) is 3.27. The lowest BCUT2D eigenvalue weighted by Crippen LogP contribution is -2.09. The van der Waals surface area contributed by atoms with Gasteiger partial charge in [-0.25, -0.2) is 13.2 Å². The maximum absolute atomic E-state index is 13.5. The third-order valence-electron chi connectivity index (χ3n) is 3.27. The van der Waals surface area contributed by atoms with Crippen molar-refractivity contribution >= 4 is 5.78 Å². The van der Waals surface area contributed by atoms with Crippen molar-refractivity contribution in [1.29, 1.82) is 0 Å². The highest BCUT2D eigenvalue weighted by Gasteiger charge is 2.18. The molecule has 1 nitrogen and oxygen atoms in total. The van der Waals surface area contributed by atoms with E-state index in [1.807, 2.05) is 26.0 Å². The molecule has 2 aromatic carbocycles. The molecule has 2 rings (SSSR count). The number of hydrogen-bond donors (Lipinski definition) is 0. The predicted molar refractivity (Wildman–Crippen MR) is 70.3 cm³/mol. The number of carbonyl (C=O) groups excluding carboxylic acids is 1. The maximum Gasteiger partial charge on any atom is 0.195 e. The normalized spacial score (nSPS) is 10.7. The summed E-state index contributed by atoms with van der Waals surface area (Å²) in [6.07, 6.45) is -0.0525. The highest BCUT2D eigenvalue weighted by molar-refractivity contribution is 5.97. The summed E-state index contributed by atoms with van der Waals surface area (Å²) >= 11 is 0. The van der Waals surface area contributed by atoms with E-state index in [1.165, 1.54) is 0 Å². The number of halogens is 3. The highest BCUT2D eigenvalue weighted by atomic mass is 19.2. The van der Waals surface area contributed by atoms with Crippen LogP contribution < -0.4 is 0 Å². The second-order valence-electron chi connectivity index (χ2n) is 4.74. The van der Waals surface area contributed by atoms with Crippen LogP contribution in [0.1, 0.15) is 27.0 Å². The van der Waals surface area contributed by atoms with E-state index in [9.17, 15) is 18.0 Å². The molecule has 0 saturated carbocycles. The molecule has 2 aromatic rings. The van der Waals surface area contributed by atoms with E-state index in [0.717, 1.165) is 23.3 Å². The van der Waals surface area contributed by atoms with Gasteiger partial charge in [-0.2, -0.15) is 0 Å². The smallest absolute Gasteiger partial charge is 0.195 e. The molecule has 0 atom stereocenters. The fourth-order valence-corrected chi connectivity index (χ4v) is 1.94. The molecule has 0 bridgehead atoms. The van der Waals surface area contributed by atoms with Gasteiger partial charge < -0.3 is 0 Å². The van der Waals surface area contributed by atoms with Crippen LogP contribution in [0.3, 0.4) is 0 Å². The van der Waals surface area contributed by atoms with Crippen LogP contribution in [0.5, 0.6) is 0 Å². The van der Waals surface area contributed by atoms with Crippen LogP contribution in [0.15, 0.2) is 30.3 Å². The van der Waals surface area contributed by atoms with E-state index in [0.29, 0.717) is 5.56 Å². The first-order chi connectivity index (χ1) is 9.40. The fraction of sp³-hybridized carbons (Fsp3) is 0.188. The van der Waals surface area contributed by atoms with Gasteiger partial charge in [-0.05, 0) is 42.7 Å². The van der Waals surface area contributed by atoms with E-state index in [2.05, 4.69) is 0 Å². The third kappa shape index (κ3) is 2.74. The van der Waals surface area contributed by atoms with E-state index >= 15 is 0 Å². The number of ketones is 1. The molecule has 0 saturated heterocycles. The number of hydrogen-bond acceptors (Lipinski definition) is 1. The Balaban J connectivity index is 2.28. The number of benzene rings is 2. The lowest BCUT2D eigenvalue weighted by molar-refractivity contribution is 0.0988. The highest BCUT2D eigenvalue weighted by Crippen LogP contribution is 2.18. The molecular formula is C16H13F3O. The van der Waals surface area contributed by atoms with Crippen molar-refractivity contribution in [3.63, 3.8) is 0 Å². The Labute approximate surface area is 115 Å². The zero-order chi connectivity index (χ0) is 14.9. The number of aryl methyl sites for hydroxylation is 2.